The predicted molar refractivity (Wildman–Crippen MR) is 147 cm³/mol. The van der Waals surface area contributed by atoms with Crippen molar-refractivity contribution in [1.29, 1.82) is 0 Å². The zero-order chi connectivity index (χ0) is 23.8. The number of carbonyl (C=O) groups excluding carboxylic acids is 1. The molecule has 0 aliphatic heterocycles. The summed E-state index contributed by atoms with van der Waals surface area (Å²) in [6.45, 7) is 4.05. The van der Waals surface area contributed by atoms with E-state index in [-0.39, 0.29) is 17.6 Å². The Bertz CT molecular complexity index is 1070. The molecule has 3 heteroatoms. The Kier molecular flexibility index (Phi) is 8.67. The Labute approximate surface area is 212 Å². The first-order chi connectivity index (χ1) is 16.6. The van der Waals surface area contributed by atoms with Crippen LogP contribution in [0.15, 0.2) is 119 Å². The van der Waals surface area contributed by atoms with Gasteiger partial charge in [0.1, 0.15) is 5.78 Å². The molecule has 2 atom stereocenters. The quantitative estimate of drug-likeness (QED) is 0.210. The summed E-state index contributed by atoms with van der Waals surface area (Å²) in [4.78, 5) is 15.7. The van der Waals surface area contributed by atoms with Gasteiger partial charge in [0, 0.05) is 33.1 Å². The minimum absolute atomic E-state index is 0.129. The summed E-state index contributed by atoms with van der Waals surface area (Å²) in [6, 6.07) is 37.9. The smallest absolute Gasteiger partial charge is 0.147 e. The van der Waals surface area contributed by atoms with E-state index in [0.717, 1.165) is 22.6 Å². The van der Waals surface area contributed by atoms with Gasteiger partial charge >= 0.3 is 0 Å². The van der Waals surface area contributed by atoms with Crippen molar-refractivity contribution in [1.82, 2.24) is 0 Å². The number of hydrogen-bond acceptors (Lipinski definition) is 3. The molecular weight excluding hydrogens is 452 g/mol. The van der Waals surface area contributed by atoms with E-state index >= 15 is 0 Å². The first kappa shape index (κ1) is 24.4. The third-order valence-electron chi connectivity index (χ3n) is 6.11. The van der Waals surface area contributed by atoms with Crippen molar-refractivity contribution in [3.8, 4) is 0 Å². The van der Waals surface area contributed by atoms with Gasteiger partial charge in [0.2, 0.25) is 0 Å². The van der Waals surface area contributed by atoms with E-state index < -0.39 is 0 Å². The number of ketones is 1. The highest BCUT2D eigenvalue weighted by molar-refractivity contribution is 7.98. The lowest BCUT2D eigenvalue weighted by atomic mass is 9.86. The maximum Gasteiger partial charge on any atom is 0.147 e. The average molecular weight is 483 g/mol. The summed E-state index contributed by atoms with van der Waals surface area (Å²) in [5.41, 5.74) is 4.80. The molecule has 0 aliphatic rings. The Morgan fingerprint density at radius 1 is 0.559 bits per heavy atom. The second-order valence-electron chi connectivity index (χ2n) is 8.53. The molecule has 0 radical (unpaired) electrons. The van der Waals surface area contributed by atoms with E-state index in [1.54, 1.807) is 0 Å². The Hall–Kier alpha value is -2.75. The van der Waals surface area contributed by atoms with Gasteiger partial charge in [-0.15, -0.1) is 23.5 Å². The Morgan fingerprint density at radius 3 is 1.26 bits per heavy atom. The molecule has 0 aromatic heterocycles. The molecule has 0 saturated carbocycles. The fraction of sp³-hybridized carbons (Fsp3) is 0.194. The summed E-state index contributed by atoms with van der Waals surface area (Å²) in [5, 5.41) is 0. The number of Topliss-reactive ketones (excluding diaryl/α,β-unsaturated/α-hetero) is 1. The molecule has 0 N–H and O–H groups in total. The number of hydrogen-bond donors (Lipinski definition) is 0. The zero-order valence-electron chi connectivity index (χ0n) is 19.7. The first-order valence-corrected chi connectivity index (χ1v) is 13.6. The molecule has 0 amide bonds. The predicted octanol–water partition coefficient (Wildman–Crippen LogP) is 8.75. The van der Waals surface area contributed by atoms with E-state index in [0.29, 0.717) is 0 Å². The standard InChI is InChI=1S/C31H30OS2/c1-23(27-13-17-29(18-14-27)33-21-25-9-5-3-6-10-25)31(32)24(2)28-15-19-30(20-16-28)34-22-26-11-7-4-8-12-26/h3-20,23-24H,21-22H2,1-2H3. The largest absolute Gasteiger partial charge is 0.298 e. The monoisotopic (exact) mass is 482 g/mol. The van der Waals surface area contributed by atoms with Crippen LogP contribution in [0.25, 0.3) is 0 Å². The first-order valence-electron chi connectivity index (χ1n) is 11.7. The molecule has 34 heavy (non-hydrogen) atoms. The van der Waals surface area contributed by atoms with Crippen LogP contribution in [-0.4, -0.2) is 5.78 Å². The zero-order valence-corrected chi connectivity index (χ0v) is 21.3. The van der Waals surface area contributed by atoms with Crippen LogP contribution in [0.3, 0.4) is 0 Å². The van der Waals surface area contributed by atoms with Crippen molar-refractivity contribution < 1.29 is 4.79 Å². The van der Waals surface area contributed by atoms with Gasteiger partial charge in [0.05, 0.1) is 0 Å². The minimum Gasteiger partial charge on any atom is -0.298 e. The normalized spacial score (nSPS) is 12.8. The van der Waals surface area contributed by atoms with Crippen molar-refractivity contribution in [2.24, 2.45) is 0 Å². The molecule has 0 heterocycles. The van der Waals surface area contributed by atoms with Gasteiger partial charge in [-0.25, -0.2) is 0 Å². The SMILES string of the molecule is CC(C(=O)C(C)c1ccc(SCc2ccccc2)cc1)c1ccc(SCc2ccccc2)cc1. The fourth-order valence-corrected chi connectivity index (χ4v) is 5.60. The maximum absolute atomic E-state index is 13.2. The number of carbonyl (C=O) groups is 1. The molecule has 4 rings (SSSR count). The van der Waals surface area contributed by atoms with Crippen LogP contribution in [0.5, 0.6) is 0 Å². The number of benzene rings is 4. The molecule has 2 unspecified atom stereocenters. The highest BCUT2D eigenvalue weighted by atomic mass is 32.2. The van der Waals surface area contributed by atoms with Crippen molar-refractivity contribution in [2.45, 2.75) is 47.0 Å². The fourth-order valence-electron chi connectivity index (χ4n) is 3.89. The lowest BCUT2D eigenvalue weighted by Crippen LogP contribution is -2.16. The molecule has 0 fully saturated rings. The summed E-state index contributed by atoms with van der Waals surface area (Å²) < 4.78 is 0. The second-order valence-corrected chi connectivity index (χ2v) is 10.6. The molecule has 4 aromatic carbocycles. The summed E-state index contributed by atoms with van der Waals surface area (Å²) in [5.74, 6) is 1.90. The Balaban J connectivity index is 1.32. The Morgan fingerprint density at radius 2 is 0.912 bits per heavy atom. The topological polar surface area (TPSA) is 17.1 Å². The lowest BCUT2D eigenvalue weighted by Gasteiger charge is -2.18. The summed E-state index contributed by atoms with van der Waals surface area (Å²) >= 11 is 3.64. The van der Waals surface area contributed by atoms with Crippen LogP contribution in [0.2, 0.25) is 0 Å². The lowest BCUT2D eigenvalue weighted by molar-refractivity contribution is -0.121. The number of rotatable bonds is 10. The van der Waals surface area contributed by atoms with E-state index in [1.165, 1.54) is 20.9 Å². The van der Waals surface area contributed by atoms with Crippen molar-refractivity contribution >= 4 is 29.3 Å². The van der Waals surface area contributed by atoms with Crippen LogP contribution >= 0.6 is 23.5 Å². The van der Waals surface area contributed by atoms with Gasteiger partial charge in [0.25, 0.3) is 0 Å². The average Bonchev–Trinajstić information content (AvgIpc) is 2.91. The van der Waals surface area contributed by atoms with Crippen molar-refractivity contribution in [3.05, 3.63) is 131 Å². The van der Waals surface area contributed by atoms with Gasteiger partial charge in [-0.05, 0) is 46.5 Å². The minimum atomic E-state index is -0.129. The van der Waals surface area contributed by atoms with Crippen LogP contribution in [0.4, 0.5) is 0 Å². The van der Waals surface area contributed by atoms with E-state index in [9.17, 15) is 4.79 Å². The van der Waals surface area contributed by atoms with Crippen LogP contribution < -0.4 is 0 Å². The van der Waals surface area contributed by atoms with Gasteiger partial charge < -0.3 is 0 Å². The molecule has 172 valence electrons. The summed E-state index contributed by atoms with van der Waals surface area (Å²) in [7, 11) is 0. The van der Waals surface area contributed by atoms with Crippen LogP contribution in [-0.2, 0) is 16.3 Å². The van der Waals surface area contributed by atoms with E-state index in [1.807, 2.05) is 49.5 Å². The number of thioether (sulfide) groups is 2. The third kappa shape index (κ3) is 6.65. The molecule has 0 aliphatic carbocycles. The van der Waals surface area contributed by atoms with Gasteiger partial charge in [-0.1, -0.05) is 98.8 Å². The molecule has 1 nitrogen and oxygen atoms in total. The molecule has 0 bridgehead atoms. The summed E-state index contributed by atoms with van der Waals surface area (Å²) in [6.07, 6.45) is 0. The highest BCUT2D eigenvalue weighted by Crippen LogP contribution is 2.30. The molecule has 4 aromatic rings. The molecule has 0 saturated heterocycles. The highest BCUT2D eigenvalue weighted by Gasteiger charge is 2.22. The van der Waals surface area contributed by atoms with Crippen LogP contribution in [0.1, 0.15) is 47.9 Å². The molecular formula is C31H30OS2. The van der Waals surface area contributed by atoms with Gasteiger partial charge in [-0.3, -0.25) is 4.79 Å². The van der Waals surface area contributed by atoms with Crippen molar-refractivity contribution in [3.63, 3.8) is 0 Å². The molecule has 0 spiro atoms. The van der Waals surface area contributed by atoms with Gasteiger partial charge in [0.15, 0.2) is 0 Å². The maximum atomic E-state index is 13.2. The van der Waals surface area contributed by atoms with E-state index in [2.05, 4.69) is 97.1 Å². The van der Waals surface area contributed by atoms with Crippen molar-refractivity contribution in [2.75, 3.05) is 0 Å². The third-order valence-corrected chi connectivity index (χ3v) is 8.28. The second kappa shape index (κ2) is 12.1. The van der Waals surface area contributed by atoms with E-state index in [4.69, 9.17) is 0 Å². The van der Waals surface area contributed by atoms with Gasteiger partial charge in [-0.2, -0.15) is 0 Å². The van der Waals surface area contributed by atoms with Crippen LogP contribution in [0, 0.1) is 0 Å².